The van der Waals surface area contributed by atoms with Gasteiger partial charge in [0.15, 0.2) is 6.61 Å². The highest BCUT2D eigenvalue weighted by Crippen LogP contribution is 2.29. The predicted octanol–water partition coefficient (Wildman–Crippen LogP) is 2.63. The second-order valence-electron chi connectivity index (χ2n) is 5.76. The van der Waals surface area contributed by atoms with E-state index in [4.69, 9.17) is 4.74 Å². The maximum Gasteiger partial charge on any atom is 0.272 e. The molecule has 1 N–H and O–H groups in total. The molecule has 0 bridgehead atoms. The number of hydrogen-bond donors (Lipinski definition) is 1. The van der Waals surface area contributed by atoms with Crippen LogP contribution >= 0.6 is 0 Å². The van der Waals surface area contributed by atoms with Crippen LogP contribution in [0.4, 0.5) is 14.6 Å². The molecule has 0 saturated carbocycles. The number of nitrogens with one attached hydrogen (secondary N) is 1. The molecule has 6 nitrogen and oxygen atoms in total. The first kappa shape index (κ1) is 17.1. The van der Waals surface area contributed by atoms with Gasteiger partial charge in [0.25, 0.3) is 12.3 Å². The van der Waals surface area contributed by atoms with Crippen molar-refractivity contribution in [1.82, 2.24) is 14.9 Å². The Kier molecular flexibility index (Phi) is 4.78. The summed E-state index contributed by atoms with van der Waals surface area (Å²) in [6, 6.07) is 3.50. The summed E-state index contributed by atoms with van der Waals surface area (Å²) in [4.78, 5) is 22.5. The molecular weight excluding hydrogens is 330 g/mol. The molecule has 25 heavy (non-hydrogen) atoms. The standard InChI is InChI=1S/C17H18F2N4O2/c1-10-5-11(6-22-16(10)25-9-14(18)19)7-23-8-13-12(17(23)24)3-4-21-15(13)20-2/h3-6,14H,7-9H2,1-2H3,(H,20,21). The summed E-state index contributed by atoms with van der Waals surface area (Å²) in [6.07, 6.45) is 0.602. The van der Waals surface area contributed by atoms with Gasteiger partial charge < -0.3 is 15.0 Å². The van der Waals surface area contributed by atoms with Crippen molar-refractivity contribution >= 4 is 11.7 Å². The fraction of sp³-hybridized carbons (Fsp3) is 0.353. The molecule has 8 heteroatoms. The van der Waals surface area contributed by atoms with E-state index in [9.17, 15) is 13.6 Å². The van der Waals surface area contributed by atoms with E-state index in [-0.39, 0.29) is 11.8 Å². The van der Waals surface area contributed by atoms with Crippen molar-refractivity contribution < 1.29 is 18.3 Å². The van der Waals surface area contributed by atoms with Gasteiger partial charge in [0.2, 0.25) is 5.88 Å². The summed E-state index contributed by atoms with van der Waals surface area (Å²) in [5.41, 5.74) is 2.97. The van der Waals surface area contributed by atoms with Crippen LogP contribution in [0.15, 0.2) is 24.5 Å². The topological polar surface area (TPSA) is 67.3 Å². The molecule has 1 amide bonds. The predicted molar refractivity (Wildman–Crippen MR) is 87.8 cm³/mol. The first-order chi connectivity index (χ1) is 12.0. The van der Waals surface area contributed by atoms with Crippen molar-refractivity contribution in [2.24, 2.45) is 0 Å². The van der Waals surface area contributed by atoms with Crippen LogP contribution in [0.25, 0.3) is 0 Å². The molecule has 3 heterocycles. The molecule has 0 spiro atoms. The zero-order valence-electron chi connectivity index (χ0n) is 13.9. The minimum atomic E-state index is -2.54. The average Bonchev–Trinajstić information content (AvgIpc) is 2.90. The highest BCUT2D eigenvalue weighted by Gasteiger charge is 2.29. The second-order valence-corrected chi connectivity index (χ2v) is 5.76. The molecule has 0 radical (unpaired) electrons. The molecule has 0 aliphatic carbocycles. The lowest BCUT2D eigenvalue weighted by atomic mass is 10.1. The van der Waals surface area contributed by atoms with Gasteiger partial charge in [-0.3, -0.25) is 4.79 Å². The number of carbonyl (C=O) groups is 1. The van der Waals surface area contributed by atoms with Crippen LogP contribution in [0, 0.1) is 6.92 Å². The molecule has 2 aromatic heterocycles. The van der Waals surface area contributed by atoms with E-state index in [1.165, 1.54) is 0 Å². The van der Waals surface area contributed by atoms with E-state index in [0.29, 0.717) is 30.0 Å². The fourth-order valence-electron chi connectivity index (χ4n) is 2.85. The summed E-state index contributed by atoms with van der Waals surface area (Å²) >= 11 is 0. The summed E-state index contributed by atoms with van der Waals surface area (Å²) in [6.45, 7) is 1.88. The molecular formula is C17H18F2N4O2. The largest absolute Gasteiger partial charge is 0.471 e. The third kappa shape index (κ3) is 3.52. The molecule has 132 valence electrons. The number of aromatic nitrogens is 2. The molecule has 1 aliphatic rings. The SMILES string of the molecule is CNc1nccc2c1CN(Cc1cnc(OCC(F)F)c(C)c1)C2=O. The Morgan fingerprint density at radius 3 is 2.88 bits per heavy atom. The van der Waals surface area contributed by atoms with Crippen LogP contribution in [0.2, 0.25) is 0 Å². The molecule has 3 rings (SSSR count). The van der Waals surface area contributed by atoms with Crippen LogP contribution < -0.4 is 10.1 Å². The van der Waals surface area contributed by atoms with Crippen molar-refractivity contribution in [2.45, 2.75) is 26.4 Å². The van der Waals surface area contributed by atoms with Gasteiger partial charge in [0.1, 0.15) is 5.82 Å². The van der Waals surface area contributed by atoms with E-state index < -0.39 is 13.0 Å². The minimum Gasteiger partial charge on any atom is -0.471 e. The summed E-state index contributed by atoms with van der Waals surface area (Å²) in [7, 11) is 1.77. The number of alkyl halides is 2. The molecule has 0 atom stereocenters. The summed E-state index contributed by atoms with van der Waals surface area (Å²) < 4.78 is 29.4. The number of anilines is 1. The van der Waals surface area contributed by atoms with E-state index in [0.717, 1.165) is 11.1 Å². The number of hydrogen-bond acceptors (Lipinski definition) is 5. The summed E-state index contributed by atoms with van der Waals surface area (Å²) in [5.74, 6) is 0.810. The number of rotatable bonds is 6. The highest BCUT2D eigenvalue weighted by atomic mass is 19.3. The number of pyridine rings is 2. The Balaban J connectivity index is 1.73. The van der Waals surface area contributed by atoms with Gasteiger partial charge in [-0.15, -0.1) is 0 Å². The van der Waals surface area contributed by atoms with Crippen molar-refractivity contribution in [1.29, 1.82) is 0 Å². The van der Waals surface area contributed by atoms with Gasteiger partial charge in [0.05, 0.1) is 6.54 Å². The lowest BCUT2D eigenvalue weighted by Crippen LogP contribution is -2.23. The van der Waals surface area contributed by atoms with Crippen molar-refractivity contribution in [2.75, 3.05) is 19.0 Å². The van der Waals surface area contributed by atoms with Crippen LogP contribution in [0.5, 0.6) is 5.88 Å². The molecule has 0 aromatic carbocycles. The molecule has 0 fully saturated rings. The molecule has 0 unspecified atom stereocenters. The summed E-state index contributed by atoms with van der Waals surface area (Å²) in [5, 5.41) is 2.99. The van der Waals surface area contributed by atoms with E-state index in [2.05, 4.69) is 15.3 Å². The minimum absolute atomic E-state index is 0.0652. The Hall–Kier alpha value is -2.77. The Morgan fingerprint density at radius 2 is 2.20 bits per heavy atom. The second kappa shape index (κ2) is 7.00. The highest BCUT2D eigenvalue weighted by molar-refractivity contribution is 5.99. The van der Waals surface area contributed by atoms with Crippen LogP contribution in [-0.4, -0.2) is 40.9 Å². The van der Waals surface area contributed by atoms with E-state index in [1.54, 1.807) is 43.4 Å². The van der Waals surface area contributed by atoms with Gasteiger partial charge in [-0.2, -0.15) is 0 Å². The third-order valence-corrected chi connectivity index (χ3v) is 3.97. The van der Waals surface area contributed by atoms with Gasteiger partial charge in [-0.25, -0.2) is 18.7 Å². The Labute approximate surface area is 143 Å². The van der Waals surface area contributed by atoms with Crippen LogP contribution in [-0.2, 0) is 13.1 Å². The third-order valence-electron chi connectivity index (χ3n) is 3.97. The maximum atomic E-state index is 12.5. The van der Waals surface area contributed by atoms with Gasteiger partial charge in [0, 0.05) is 42.7 Å². The van der Waals surface area contributed by atoms with Gasteiger partial charge >= 0.3 is 0 Å². The molecule has 2 aromatic rings. The van der Waals surface area contributed by atoms with Crippen molar-refractivity contribution in [3.63, 3.8) is 0 Å². The van der Waals surface area contributed by atoms with Gasteiger partial charge in [-0.05, 0) is 24.6 Å². The normalized spacial score (nSPS) is 13.3. The number of nitrogens with zero attached hydrogens (tertiary/aromatic N) is 3. The molecule has 0 saturated heterocycles. The average molecular weight is 348 g/mol. The molecule has 1 aliphatic heterocycles. The number of amides is 1. The number of halogens is 2. The number of ether oxygens (including phenoxy) is 1. The van der Waals surface area contributed by atoms with Crippen LogP contribution in [0.1, 0.15) is 27.0 Å². The Morgan fingerprint density at radius 1 is 1.40 bits per heavy atom. The lowest BCUT2D eigenvalue weighted by Gasteiger charge is -2.16. The van der Waals surface area contributed by atoms with Crippen molar-refractivity contribution in [3.05, 3.63) is 46.8 Å². The quantitative estimate of drug-likeness (QED) is 0.869. The van der Waals surface area contributed by atoms with E-state index >= 15 is 0 Å². The van der Waals surface area contributed by atoms with Crippen LogP contribution in [0.3, 0.4) is 0 Å². The van der Waals surface area contributed by atoms with Gasteiger partial charge in [-0.1, -0.05) is 0 Å². The zero-order chi connectivity index (χ0) is 18.0. The Bertz CT molecular complexity index is 798. The van der Waals surface area contributed by atoms with E-state index in [1.807, 2.05) is 0 Å². The zero-order valence-corrected chi connectivity index (χ0v) is 13.9. The first-order valence-electron chi connectivity index (χ1n) is 7.81. The number of aryl methyl sites for hydroxylation is 1. The van der Waals surface area contributed by atoms with Crippen molar-refractivity contribution in [3.8, 4) is 5.88 Å². The number of carbonyl (C=O) groups excluding carboxylic acids is 1. The first-order valence-corrected chi connectivity index (χ1v) is 7.81. The number of fused-ring (bicyclic) bond motifs is 1. The lowest BCUT2D eigenvalue weighted by molar-refractivity contribution is 0.0762. The monoisotopic (exact) mass is 348 g/mol. The smallest absolute Gasteiger partial charge is 0.272 e. The maximum absolute atomic E-state index is 12.5. The fourth-order valence-corrected chi connectivity index (χ4v) is 2.85.